The Morgan fingerprint density at radius 2 is 1.68 bits per heavy atom. The minimum Gasteiger partial charge on any atom is -0.481 e. The number of rotatable bonds is 8. The number of nitrogens with one attached hydrogen (secondary N) is 2. The van der Waals surface area contributed by atoms with Crippen LogP contribution in [0.1, 0.15) is 87.3 Å². The van der Waals surface area contributed by atoms with Gasteiger partial charge in [0, 0.05) is 29.5 Å². The molecule has 1 aromatic heterocycles. The lowest BCUT2D eigenvalue weighted by Gasteiger charge is -2.32. The highest BCUT2D eigenvalue weighted by molar-refractivity contribution is 7.89. The molecule has 2 saturated carbocycles. The number of carboxylic acids is 1. The zero-order chi connectivity index (χ0) is 30.3. The van der Waals surface area contributed by atoms with E-state index in [1.165, 1.54) is 6.07 Å². The Balaban J connectivity index is 1.76. The minimum absolute atomic E-state index is 0.152. The number of carbonyl (C=O) groups is 2. The first-order valence-electron chi connectivity index (χ1n) is 14.0. The van der Waals surface area contributed by atoms with Gasteiger partial charge in [0.05, 0.1) is 21.9 Å². The van der Waals surface area contributed by atoms with Gasteiger partial charge >= 0.3 is 12.1 Å². The smallest absolute Gasteiger partial charge is 0.417 e. The summed E-state index contributed by atoms with van der Waals surface area (Å²) in [5.41, 5.74) is -0.826. The van der Waals surface area contributed by atoms with Crippen LogP contribution in [-0.4, -0.2) is 41.5 Å². The van der Waals surface area contributed by atoms with Crippen molar-refractivity contribution in [1.82, 2.24) is 14.6 Å². The number of aliphatic carboxylic acids is 1. The predicted octanol–water partition coefficient (Wildman–Crippen LogP) is 5.73. The Morgan fingerprint density at radius 1 is 1.05 bits per heavy atom. The van der Waals surface area contributed by atoms with Crippen molar-refractivity contribution in [1.29, 1.82) is 0 Å². The lowest BCUT2D eigenvalue weighted by molar-refractivity contribution is -0.145. The van der Waals surface area contributed by atoms with E-state index in [2.05, 4.69) is 10.0 Å². The zero-order valence-electron chi connectivity index (χ0n) is 23.8. The standard InChI is InChI=1S/C29H38F3N3O5S/c1-17-22(26(36)33-21-12-20(13-21)27(37)38)15-24(35(17)16-18-8-6-5-7-9-18)19-10-11-25(23(14-19)29(30,31)32)41(39,40)34-28(2,3)4/h10-11,14-15,18,20-21,34H,5-9,12-13,16H2,1-4H3,(H,33,36)(H,37,38)/t20-,21-. The molecule has 8 nitrogen and oxygen atoms in total. The molecular formula is C29H38F3N3O5S. The molecule has 0 spiro atoms. The third-order valence-electron chi connectivity index (χ3n) is 7.91. The molecule has 0 unspecified atom stereocenters. The third kappa shape index (κ3) is 7.14. The maximum absolute atomic E-state index is 14.3. The average Bonchev–Trinajstić information content (AvgIpc) is 3.15. The van der Waals surface area contributed by atoms with Crippen LogP contribution in [0.2, 0.25) is 0 Å². The summed E-state index contributed by atoms with van der Waals surface area (Å²) in [4.78, 5) is 23.5. The summed E-state index contributed by atoms with van der Waals surface area (Å²) in [5, 5.41) is 12.0. The number of halogens is 3. The maximum atomic E-state index is 14.3. The molecule has 2 aliphatic rings. The predicted molar refractivity (Wildman–Crippen MR) is 148 cm³/mol. The summed E-state index contributed by atoms with van der Waals surface area (Å²) in [6.45, 7) is 6.91. The number of hydrogen-bond donors (Lipinski definition) is 3. The number of benzene rings is 1. The molecule has 4 rings (SSSR count). The second-order valence-electron chi connectivity index (χ2n) is 12.4. The molecule has 1 heterocycles. The summed E-state index contributed by atoms with van der Waals surface area (Å²) >= 11 is 0. The Bertz CT molecular complexity index is 1410. The highest BCUT2D eigenvalue weighted by atomic mass is 32.2. The zero-order valence-corrected chi connectivity index (χ0v) is 24.6. The highest BCUT2D eigenvalue weighted by Gasteiger charge is 2.39. The van der Waals surface area contributed by atoms with Gasteiger partial charge < -0.3 is 15.0 Å². The van der Waals surface area contributed by atoms with Gasteiger partial charge in [-0.05, 0) is 83.1 Å². The van der Waals surface area contributed by atoms with E-state index in [4.69, 9.17) is 5.11 Å². The van der Waals surface area contributed by atoms with Crippen LogP contribution in [-0.2, 0) is 27.5 Å². The van der Waals surface area contributed by atoms with E-state index in [0.717, 1.165) is 44.2 Å². The number of nitrogens with zero attached hydrogens (tertiary/aromatic N) is 1. The maximum Gasteiger partial charge on any atom is 0.417 e. The molecular weight excluding hydrogens is 559 g/mol. The number of carbonyl (C=O) groups excluding carboxylic acids is 1. The van der Waals surface area contributed by atoms with Crippen molar-refractivity contribution >= 4 is 21.9 Å². The van der Waals surface area contributed by atoms with Crippen molar-refractivity contribution in [2.24, 2.45) is 11.8 Å². The molecule has 0 saturated heterocycles. The van der Waals surface area contributed by atoms with Crippen molar-refractivity contribution in [3.05, 3.63) is 41.1 Å². The molecule has 0 bridgehead atoms. The number of hydrogen-bond acceptors (Lipinski definition) is 4. The fourth-order valence-electron chi connectivity index (χ4n) is 5.78. The first kappa shape index (κ1) is 31.1. The van der Waals surface area contributed by atoms with E-state index in [1.54, 1.807) is 33.8 Å². The normalized spacial score (nSPS) is 20.5. The fourth-order valence-corrected chi connectivity index (χ4v) is 7.41. The number of carboxylic acid groups (broad SMARTS) is 1. The van der Waals surface area contributed by atoms with E-state index >= 15 is 0 Å². The molecule has 3 N–H and O–H groups in total. The van der Waals surface area contributed by atoms with E-state index in [0.29, 0.717) is 42.3 Å². The molecule has 0 radical (unpaired) electrons. The van der Waals surface area contributed by atoms with Gasteiger partial charge in [-0.1, -0.05) is 25.3 Å². The molecule has 41 heavy (non-hydrogen) atoms. The molecule has 1 amide bonds. The van der Waals surface area contributed by atoms with Crippen LogP contribution < -0.4 is 10.0 Å². The molecule has 0 aliphatic heterocycles. The minimum atomic E-state index is -4.95. The number of sulfonamides is 1. The van der Waals surface area contributed by atoms with Crippen LogP contribution in [0, 0.1) is 18.8 Å². The van der Waals surface area contributed by atoms with Crippen LogP contribution >= 0.6 is 0 Å². The fraction of sp³-hybridized carbons (Fsp3) is 0.586. The van der Waals surface area contributed by atoms with Gasteiger partial charge in [0.1, 0.15) is 0 Å². The van der Waals surface area contributed by atoms with Crippen molar-refractivity contribution in [2.45, 2.75) is 102 Å². The van der Waals surface area contributed by atoms with Crippen molar-refractivity contribution in [2.75, 3.05) is 0 Å². The van der Waals surface area contributed by atoms with Crippen LogP contribution in [0.3, 0.4) is 0 Å². The Hall–Kier alpha value is -2.86. The van der Waals surface area contributed by atoms with Crippen LogP contribution in [0.4, 0.5) is 13.2 Å². The molecule has 2 aliphatic carbocycles. The molecule has 12 heteroatoms. The lowest BCUT2D eigenvalue weighted by Crippen LogP contribution is -2.46. The summed E-state index contributed by atoms with van der Waals surface area (Å²) in [7, 11) is -4.48. The van der Waals surface area contributed by atoms with E-state index in [1.807, 2.05) is 4.57 Å². The van der Waals surface area contributed by atoms with E-state index in [9.17, 15) is 31.2 Å². The van der Waals surface area contributed by atoms with Crippen molar-refractivity contribution < 1.29 is 36.3 Å². The average molecular weight is 598 g/mol. The van der Waals surface area contributed by atoms with Gasteiger partial charge in [0.25, 0.3) is 5.91 Å². The van der Waals surface area contributed by atoms with E-state index < -0.39 is 50.0 Å². The molecule has 1 aromatic carbocycles. The van der Waals surface area contributed by atoms with Gasteiger partial charge in [-0.3, -0.25) is 9.59 Å². The first-order valence-corrected chi connectivity index (χ1v) is 15.4. The summed E-state index contributed by atoms with van der Waals surface area (Å²) in [6.07, 6.45) is 0.901. The molecule has 2 aromatic rings. The number of amides is 1. The Kier molecular flexibility index (Phi) is 8.67. The van der Waals surface area contributed by atoms with E-state index in [-0.39, 0.29) is 11.6 Å². The van der Waals surface area contributed by atoms with Crippen LogP contribution in [0.25, 0.3) is 11.3 Å². The largest absolute Gasteiger partial charge is 0.481 e. The van der Waals surface area contributed by atoms with Crippen molar-refractivity contribution in [3.8, 4) is 11.3 Å². The summed E-state index contributed by atoms with van der Waals surface area (Å²) in [6, 6.07) is 4.43. The molecule has 226 valence electrons. The quantitative estimate of drug-likeness (QED) is 0.359. The van der Waals surface area contributed by atoms with Gasteiger partial charge in [0.15, 0.2) is 0 Å². The topological polar surface area (TPSA) is 118 Å². The Morgan fingerprint density at radius 3 is 2.24 bits per heavy atom. The third-order valence-corrected chi connectivity index (χ3v) is 9.73. The monoisotopic (exact) mass is 597 g/mol. The van der Waals surface area contributed by atoms with Gasteiger partial charge in [0.2, 0.25) is 10.0 Å². The number of aromatic nitrogens is 1. The van der Waals surface area contributed by atoms with Crippen LogP contribution in [0.15, 0.2) is 29.2 Å². The van der Waals surface area contributed by atoms with Gasteiger partial charge in [-0.2, -0.15) is 13.2 Å². The highest BCUT2D eigenvalue weighted by Crippen LogP contribution is 2.39. The van der Waals surface area contributed by atoms with Gasteiger partial charge in [-0.15, -0.1) is 0 Å². The number of alkyl halides is 3. The second-order valence-corrected chi connectivity index (χ2v) is 14.0. The van der Waals surface area contributed by atoms with Crippen LogP contribution in [0.5, 0.6) is 0 Å². The first-order chi connectivity index (χ1) is 19.0. The second kappa shape index (κ2) is 11.4. The SMILES string of the molecule is Cc1c(C(=O)N[C@H]2C[C@H](C(=O)O)C2)cc(-c2ccc(S(=O)(=O)NC(C)(C)C)c(C(F)(F)F)c2)n1CC1CCCCC1. The summed E-state index contributed by atoms with van der Waals surface area (Å²) in [5.74, 6) is -1.53. The summed E-state index contributed by atoms with van der Waals surface area (Å²) < 4.78 is 72.8. The van der Waals surface area contributed by atoms with Gasteiger partial charge in [-0.25, -0.2) is 13.1 Å². The Labute approximate surface area is 238 Å². The molecule has 0 atom stereocenters. The molecule has 2 fully saturated rings. The van der Waals surface area contributed by atoms with Crippen molar-refractivity contribution in [3.63, 3.8) is 0 Å². The lowest BCUT2D eigenvalue weighted by atomic mass is 9.80.